The van der Waals surface area contributed by atoms with E-state index in [4.69, 9.17) is 9.52 Å². The lowest BCUT2D eigenvalue weighted by Crippen LogP contribution is -2.57. The van der Waals surface area contributed by atoms with Crippen LogP contribution in [0.4, 0.5) is 0 Å². The highest BCUT2D eigenvalue weighted by molar-refractivity contribution is 5.95. The highest BCUT2D eigenvalue weighted by atomic mass is 16.3. The van der Waals surface area contributed by atoms with Crippen LogP contribution in [0.3, 0.4) is 0 Å². The number of aliphatic hydroxyl groups is 1. The molecule has 0 spiro atoms. The fourth-order valence-electron chi connectivity index (χ4n) is 4.23. The lowest BCUT2D eigenvalue weighted by Gasteiger charge is -2.47. The van der Waals surface area contributed by atoms with Crippen LogP contribution in [0, 0.1) is 19.8 Å². The van der Waals surface area contributed by atoms with Crippen LogP contribution in [-0.2, 0) is 4.79 Å². The highest BCUT2D eigenvalue weighted by Gasteiger charge is 2.40. The van der Waals surface area contributed by atoms with E-state index in [9.17, 15) is 9.59 Å². The van der Waals surface area contributed by atoms with Gasteiger partial charge in [-0.3, -0.25) is 9.59 Å². The number of nitrogens with zero attached hydrogens (tertiary/aromatic N) is 2. The molecule has 138 valence electrons. The van der Waals surface area contributed by atoms with Crippen molar-refractivity contribution in [1.82, 2.24) is 9.80 Å². The van der Waals surface area contributed by atoms with Gasteiger partial charge in [-0.2, -0.15) is 0 Å². The van der Waals surface area contributed by atoms with Crippen molar-refractivity contribution in [2.45, 2.75) is 52.0 Å². The fraction of sp³-hybridized carbons (Fsp3) is 0.684. The Hall–Kier alpha value is -1.82. The minimum Gasteiger partial charge on any atom is -0.466 e. The minimum absolute atomic E-state index is 0.0385. The maximum absolute atomic E-state index is 12.8. The van der Waals surface area contributed by atoms with Gasteiger partial charge in [0.05, 0.1) is 5.56 Å². The maximum Gasteiger partial charge on any atom is 0.257 e. The van der Waals surface area contributed by atoms with Gasteiger partial charge in [-0.25, -0.2) is 0 Å². The molecular formula is C19H28N2O4. The molecule has 3 rings (SSSR count). The highest BCUT2D eigenvalue weighted by Crippen LogP contribution is 2.32. The van der Waals surface area contributed by atoms with Gasteiger partial charge in [0.2, 0.25) is 5.91 Å². The number of rotatable bonds is 5. The smallest absolute Gasteiger partial charge is 0.257 e. The average Bonchev–Trinajstić information content (AvgIpc) is 2.94. The van der Waals surface area contributed by atoms with Crippen molar-refractivity contribution in [1.29, 1.82) is 0 Å². The number of likely N-dealkylation sites (tertiary alicyclic amines) is 2. The van der Waals surface area contributed by atoms with Crippen LogP contribution < -0.4 is 0 Å². The van der Waals surface area contributed by atoms with Crippen molar-refractivity contribution >= 4 is 11.8 Å². The molecule has 2 unspecified atom stereocenters. The molecule has 2 saturated heterocycles. The molecule has 0 saturated carbocycles. The molecule has 2 atom stereocenters. The topological polar surface area (TPSA) is 74.0 Å². The predicted molar refractivity (Wildman–Crippen MR) is 93.2 cm³/mol. The summed E-state index contributed by atoms with van der Waals surface area (Å²) in [4.78, 5) is 29.0. The summed E-state index contributed by atoms with van der Waals surface area (Å²) in [6, 6.07) is 2.05. The van der Waals surface area contributed by atoms with E-state index < -0.39 is 0 Å². The molecule has 6 heteroatoms. The van der Waals surface area contributed by atoms with Gasteiger partial charge in [0, 0.05) is 38.7 Å². The summed E-state index contributed by atoms with van der Waals surface area (Å²) in [5, 5.41) is 8.97. The van der Waals surface area contributed by atoms with Crippen molar-refractivity contribution in [2.75, 3.05) is 26.2 Å². The molecule has 2 amide bonds. The zero-order valence-corrected chi connectivity index (χ0v) is 15.2. The van der Waals surface area contributed by atoms with Crippen LogP contribution in [0.1, 0.15) is 54.0 Å². The first-order chi connectivity index (χ1) is 12.0. The van der Waals surface area contributed by atoms with Gasteiger partial charge in [-0.15, -0.1) is 0 Å². The Labute approximate surface area is 148 Å². The molecule has 3 heterocycles. The Bertz CT molecular complexity index is 639. The summed E-state index contributed by atoms with van der Waals surface area (Å²) >= 11 is 0. The number of aliphatic hydroxyl groups excluding tert-OH is 1. The van der Waals surface area contributed by atoms with E-state index in [0.29, 0.717) is 43.3 Å². The zero-order chi connectivity index (χ0) is 18.0. The Morgan fingerprint density at radius 2 is 2.12 bits per heavy atom. The van der Waals surface area contributed by atoms with Crippen molar-refractivity contribution < 1.29 is 19.1 Å². The SMILES string of the molecule is Cc1cc(C(=O)N2CCC3C(CCC(=O)N3CCCCO)C2)c(C)o1. The fourth-order valence-corrected chi connectivity index (χ4v) is 4.23. The normalized spacial score (nSPS) is 23.7. The van der Waals surface area contributed by atoms with Gasteiger partial charge in [0.15, 0.2) is 0 Å². The summed E-state index contributed by atoms with van der Waals surface area (Å²) in [5.74, 6) is 2.04. The molecule has 1 aromatic heterocycles. The third-order valence-electron chi connectivity index (χ3n) is 5.51. The van der Waals surface area contributed by atoms with Gasteiger partial charge in [0.1, 0.15) is 11.5 Å². The van der Waals surface area contributed by atoms with Crippen molar-refractivity contribution in [2.24, 2.45) is 5.92 Å². The first-order valence-electron chi connectivity index (χ1n) is 9.28. The van der Waals surface area contributed by atoms with Crippen molar-refractivity contribution in [3.63, 3.8) is 0 Å². The lowest BCUT2D eigenvalue weighted by atomic mass is 9.83. The van der Waals surface area contributed by atoms with Crippen LogP contribution in [0.2, 0.25) is 0 Å². The molecule has 0 bridgehead atoms. The van der Waals surface area contributed by atoms with E-state index in [0.717, 1.165) is 31.4 Å². The first kappa shape index (κ1) is 18.0. The number of piperidine rings is 2. The molecule has 6 nitrogen and oxygen atoms in total. The first-order valence-corrected chi connectivity index (χ1v) is 9.28. The number of unbranched alkanes of at least 4 members (excludes halogenated alkanes) is 1. The van der Waals surface area contributed by atoms with Crippen LogP contribution in [-0.4, -0.2) is 59.0 Å². The summed E-state index contributed by atoms with van der Waals surface area (Å²) in [7, 11) is 0. The molecule has 2 fully saturated rings. The second kappa shape index (κ2) is 7.60. The monoisotopic (exact) mass is 348 g/mol. The van der Waals surface area contributed by atoms with E-state index in [1.165, 1.54) is 0 Å². The van der Waals surface area contributed by atoms with Crippen LogP contribution >= 0.6 is 0 Å². The molecular weight excluding hydrogens is 320 g/mol. The second-order valence-corrected chi connectivity index (χ2v) is 7.25. The van der Waals surface area contributed by atoms with Crippen LogP contribution in [0.5, 0.6) is 0 Å². The number of aryl methyl sites for hydroxylation is 2. The number of carbonyl (C=O) groups excluding carboxylic acids is 2. The molecule has 0 aliphatic carbocycles. The third kappa shape index (κ3) is 3.73. The summed E-state index contributed by atoms with van der Waals surface area (Å²) < 4.78 is 5.50. The molecule has 1 aromatic rings. The van der Waals surface area contributed by atoms with Crippen LogP contribution in [0.15, 0.2) is 10.5 Å². The van der Waals surface area contributed by atoms with E-state index in [2.05, 4.69) is 0 Å². The summed E-state index contributed by atoms with van der Waals surface area (Å²) in [5.41, 5.74) is 0.655. The number of fused-ring (bicyclic) bond motifs is 1. The number of carbonyl (C=O) groups is 2. The minimum atomic E-state index is 0.0385. The Morgan fingerprint density at radius 1 is 1.32 bits per heavy atom. The molecule has 2 aliphatic rings. The Kier molecular flexibility index (Phi) is 5.47. The molecule has 0 aromatic carbocycles. The number of hydrogen-bond donors (Lipinski definition) is 1. The Morgan fingerprint density at radius 3 is 2.80 bits per heavy atom. The van der Waals surface area contributed by atoms with E-state index in [1.807, 2.05) is 29.7 Å². The molecule has 2 aliphatic heterocycles. The summed E-state index contributed by atoms with van der Waals surface area (Å²) in [6.07, 6.45) is 3.81. The van der Waals surface area contributed by atoms with E-state index in [-0.39, 0.29) is 24.5 Å². The van der Waals surface area contributed by atoms with E-state index in [1.54, 1.807) is 0 Å². The van der Waals surface area contributed by atoms with Gasteiger partial charge >= 0.3 is 0 Å². The second-order valence-electron chi connectivity index (χ2n) is 7.25. The van der Waals surface area contributed by atoms with Gasteiger partial charge in [0.25, 0.3) is 5.91 Å². The van der Waals surface area contributed by atoms with Crippen molar-refractivity contribution in [3.05, 3.63) is 23.2 Å². The quantitative estimate of drug-likeness (QED) is 0.827. The standard InChI is InChI=1S/C19H28N2O4/c1-13-11-16(14(2)25-13)19(24)20-9-7-17-15(12-20)5-6-18(23)21(17)8-3-4-10-22/h11,15,17,22H,3-10,12H2,1-2H3. The molecule has 1 N–H and O–H groups in total. The molecule has 0 radical (unpaired) electrons. The van der Waals surface area contributed by atoms with Crippen molar-refractivity contribution in [3.8, 4) is 0 Å². The lowest BCUT2D eigenvalue weighted by molar-refractivity contribution is -0.140. The predicted octanol–water partition coefficient (Wildman–Crippen LogP) is 2.12. The average molecular weight is 348 g/mol. The zero-order valence-electron chi connectivity index (χ0n) is 15.2. The molecule has 25 heavy (non-hydrogen) atoms. The number of amides is 2. The van der Waals surface area contributed by atoms with Gasteiger partial charge < -0.3 is 19.3 Å². The Balaban J connectivity index is 1.66. The largest absolute Gasteiger partial charge is 0.466 e. The van der Waals surface area contributed by atoms with Gasteiger partial charge in [-0.05, 0) is 51.5 Å². The third-order valence-corrected chi connectivity index (χ3v) is 5.51. The number of hydrogen-bond acceptors (Lipinski definition) is 4. The maximum atomic E-state index is 12.8. The van der Waals surface area contributed by atoms with Gasteiger partial charge in [-0.1, -0.05) is 0 Å². The summed E-state index contributed by atoms with van der Waals surface area (Å²) in [6.45, 7) is 5.95. The number of furan rings is 1. The van der Waals surface area contributed by atoms with Crippen LogP contribution in [0.25, 0.3) is 0 Å². The van der Waals surface area contributed by atoms with E-state index >= 15 is 0 Å².